The zero-order valence-corrected chi connectivity index (χ0v) is 10.4. The number of phenols is 1. The molecule has 0 fully saturated rings. The number of carboxylic acid groups (broad SMARTS) is 1. The SMILES string of the molecule is CCOCCCCOc1ccc(C(=O)O)c(O)c1. The van der Waals surface area contributed by atoms with Gasteiger partial charge in [0.1, 0.15) is 17.1 Å². The Morgan fingerprint density at radius 1 is 1.28 bits per heavy atom. The standard InChI is InChI=1S/C13H18O5/c1-2-17-7-3-4-8-18-10-5-6-11(13(15)16)12(14)9-10/h5-6,9,14H,2-4,7-8H2,1H3,(H,15,16). The maximum absolute atomic E-state index is 10.7. The first kappa shape index (κ1) is 14.3. The number of rotatable bonds is 8. The Bertz CT molecular complexity index is 389. The van der Waals surface area contributed by atoms with Crippen LogP contribution in [0, 0.1) is 0 Å². The van der Waals surface area contributed by atoms with E-state index in [9.17, 15) is 9.90 Å². The highest BCUT2D eigenvalue weighted by atomic mass is 16.5. The van der Waals surface area contributed by atoms with Crippen LogP contribution in [0.25, 0.3) is 0 Å². The van der Waals surface area contributed by atoms with Crippen LogP contribution in [0.4, 0.5) is 0 Å². The predicted molar refractivity (Wildman–Crippen MR) is 66.3 cm³/mol. The number of hydrogen-bond acceptors (Lipinski definition) is 4. The van der Waals surface area contributed by atoms with E-state index in [1.165, 1.54) is 18.2 Å². The van der Waals surface area contributed by atoms with E-state index in [0.29, 0.717) is 25.6 Å². The van der Waals surface area contributed by atoms with Crippen LogP contribution in [0.1, 0.15) is 30.1 Å². The van der Waals surface area contributed by atoms with Crippen molar-refractivity contribution >= 4 is 5.97 Å². The summed E-state index contributed by atoms with van der Waals surface area (Å²) in [5, 5.41) is 18.2. The van der Waals surface area contributed by atoms with E-state index in [1.54, 1.807) is 0 Å². The van der Waals surface area contributed by atoms with Crippen molar-refractivity contribution in [2.24, 2.45) is 0 Å². The van der Waals surface area contributed by atoms with Crippen LogP contribution < -0.4 is 4.74 Å². The monoisotopic (exact) mass is 254 g/mol. The van der Waals surface area contributed by atoms with Crippen LogP contribution >= 0.6 is 0 Å². The lowest BCUT2D eigenvalue weighted by atomic mass is 10.2. The van der Waals surface area contributed by atoms with Crippen molar-refractivity contribution in [1.82, 2.24) is 0 Å². The minimum Gasteiger partial charge on any atom is -0.507 e. The van der Waals surface area contributed by atoms with Crippen LogP contribution in [0.2, 0.25) is 0 Å². The normalized spacial score (nSPS) is 10.3. The van der Waals surface area contributed by atoms with E-state index in [1.807, 2.05) is 6.92 Å². The summed E-state index contributed by atoms with van der Waals surface area (Å²) in [5.41, 5.74) is -0.126. The molecule has 5 heteroatoms. The number of hydrogen-bond donors (Lipinski definition) is 2. The van der Waals surface area contributed by atoms with E-state index >= 15 is 0 Å². The molecule has 0 aromatic heterocycles. The quantitative estimate of drug-likeness (QED) is 0.696. The smallest absolute Gasteiger partial charge is 0.339 e. The van der Waals surface area contributed by atoms with Gasteiger partial charge in [-0.1, -0.05) is 0 Å². The molecule has 2 N–H and O–H groups in total. The minimum atomic E-state index is -1.16. The molecular formula is C13H18O5. The zero-order chi connectivity index (χ0) is 13.4. The fraction of sp³-hybridized carbons (Fsp3) is 0.462. The molecular weight excluding hydrogens is 236 g/mol. The fourth-order valence-electron chi connectivity index (χ4n) is 1.42. The Hall–Kier alpha value is -1.75. The van der Waals surface area contributed by atoms with Crippen LogP contribution in [-0.2, 0) is 4.74 Å². The van der Waals surface area contributed by atoms with Gasteiger partial charge in [-0.05, 0) is 31.9 Å². The first-order chi connectivity index (χ1) is 8.65. The van der Waals surface area contributed by atoms with Gasteiger partial charge in [-0.25, -0.2) is 4.79 Å². The summed E-state index contributed by atoms with van der Waals surface area (Å²) in [6, 6.07) is 4.17. The van der Waals surface area contributed by atoms with Gasteiger partial charge in [0.25, 0.3) is 0 Å². The Morgan fingerprint density at radius 3 is 2.61 bits per heavy atom. The molecule has 0 aliphatic carbocycles. The van der Waals surface area contributed by atoms with Gasteiger partial charge >= 0.3 is 5.97 Å². The van der Waals surface area contributed by atoms with Gasteiger partial charge in [-0.15, -0.1) is 0 Å². The average molecular weight is 254 g/mol. The van der Waals surface area contributed by atoms with Crippen LogP contribution in [0.3, 0.4) is 0 Å². The largest absolute Gasteiger partial charge is 0.507 e. The predicted octanol–water partition coefficient (Wildman–Crippen LogP) is 2.29. The molecule has 0 amide bonds. The summed E-state index contributed by atoms with van der Waals surface area (Å²) in [5.74, 6) is -0.973. The van der Waals surface area contributed by atoms with E-state index in [4.69, 9.17) is 14.6 Å². The van der Waals surface area contributed by atoms with Gasteiger partial charge < -0.3 is 19.7 Å². The highest BCUT2D eigenvalue weighted by Gasteiger charge is 2.09. The number of carbonyl (C=O) groups is 1. The van der Waals surface area contributed by atoms with Crippen LogP contribution in [-0.4, -0.2) is 36.0 Å². The van der Waals surface area contributed by atoms with Crippen molar-refractivity contribution in [1.29, 1.82) is 0 Å². The molecule has 5 nitrogen and oxygen atoms in total. The summed E-state index contributed by atoms with van der Waals surface area (Å²) >= 11 is 0. The number of carboxylic acids is 1. The van der Waals surface area contributed by atoms with Crippen molar-refractivity contribution in [3.05, 3.63) is 23.8 Å². The molecule has 0 atom stereocenters. The Balaban J connectivity index is 2.35. The van der Waals surface area contributed by atoms with Gasteiger partial charge in [0, 0.05) is 19.3 Å². The van der Waals surface area contributed by atoms with E-state index < -0.39 is 5.97 Å². The molecule has 0 saturated carbocycles. The molecule has 18 heavy (non-hydrogen) atoms. The van der Waals surface area contributed by atoms with Crippen molar-refractivity contribution in [3.8, 4) is 11.5 Å². The third kappa shape index (κ3) is 4.63. The average Bonchev–Trinajstić information content (AvgIpc) is 2.33. The summed E-state index contributed by atoms with van der Waals surface area (Å²) in [6.45, 7) is 3.89. The number of aromatic carboxylic acids is 1. The maximum atomic E-state index is 10.7. The highest BCUT2D eigenvalue weighted by molar-refractivity contribution is 5.90. The van der Waals surface area contributed by atoms with Gasteiger partial charge in [0.15, 0.2) is 0 Å². The van der Waals surface area contributed by atoms with Gasteiger partial charge in [0.2, 0.25) is 0 Å². The van der Waals surface area contributed by atoms with Crippen LogP contribution in [0.15, 0.2) is 18.2 Å². The molecule has 0 heterocycles. The molecule has 1 rings (SSSR count). The molecule has 0 radical (unpaired) electrons. The lowest BCUT2D eigenvalue weighted by molar-refractivity contribution is 0.0693. The molecule has 0 unspecified atom stereocenters. The summed E-state index contributed by atoms with van der Waals surface area (Å²) in [6.07, 6.45) is 1.76. The fourth-order valence-corrected chi connectivity index (χ4v) is 1.42. The third-order valence-corrected chi connectivity index (χ3v) is 2.36. The first-order valence-corrected chi connectivity index (χ1v) is 5.92. The molecule has 0 spiro atoms. The summed E-state index contributed by atoms with van der Waals surface area (Å²) in [7, 11) is 0. The Morgan fingerprint density at radius 2 is 2.00 bits per heavy atom. The molecule has 0 aliphatic heterocycles. The topological polar surface area (TPSA) is 76.0 Å². The highest BCUT2D eigenvalue weighted by Crippen LogP contribution is 2.23. The van der Waals surface area contributed by atoms with Crippen LogP contribution in [0.5, 0.6) is 11.5 Å². The molecule has 0 saturated heterocycles. The van der Waals surface area contributed by atoms with E-state index in [0.717, 1.165) is 12.8 Å². The van der Waals surface area contributed by atoms with Gasteiger partial charge in [-0.2, -0.15) is 0 Å². The maximum Gasteiger partial charge on any atom is 0.339 e. The number of aromatic hydroxyl groups is 1. The number of unbranched alkanes of at least 4 members (excludes halogenated alkanes) is 1. The van der Waals surface area contributed by atoms with Gasteiger partial charge in [0.05, 0.1) is 6.61 Å². The minimum absolute atomic E-state index is 0.126. The van der Waals surface area contributed by atoms with Crippen molar-refractivity contribution in [3.63, 3.8) is 0 Å². The summed E-state index contributed by atoms with van der Waals surface area (Å²) in [4.78, 5) is 10.7. The van der Waals surface area contributed by atoms with Crippen molar-refractivity contribution in [2.75, 3.05) is 19.8 Å². The summed E-state index contributed by atoms with van der Waals surface area (Å²) < 4.78 is 10.6. The zero-order valence-electron chi connectivity index (χ0n) is 10.4. The lowest BCUT2D eigenvalue weighted by Crippen LogP contribution is -2.02. The number of benzene rings is 1. The molecule has 0 bridgehead atoms. The first-order valence-electron chi connectivity index (χ1n) is 5.92. The van der Waals surface area contributed by atoms with E-state index in [2.05, 4.69) is 0 Å². The lowest BCUT2D eigenvalue weighted by Gasteiger charge is -2.07. The van der Waals surface area contributed by atoms with Gasteiger partial charge in [-0.3, -0.25) is 0 Å². The number of ether oxygens (including phenoxy) is 2. The molecule has 0 aliphatic rings. The van der Waals surface area contributed by atoms with Crippen molar-refractivity contribution < 1.29 is 24.5 Å². The Kier molecular flexibility index (Phi) is 6.00. The second kappa shape index (κ2) is 7.55. The second-order valence-corrected chi connectivity index (χ2v) is 3.74. The molecule has 1 aromatic rings. The third-order valence-electron chi connectivity index (χ3n) is 2.36. The second-order valence-electron chi connectivity index (χ2n) is 3.74. The molecule has 1 aromatic carbocycles. The van der Waals surface area contributed by atoms with E-state index in [-0.39, 0.29) is 11.3 Å². The Labute approximate surface area is 106 Å². The molecule has 100 valence electrons. The van der Waals surface area contributed by atoms with Crippen molar-refractivity contribution in [2.45, 2.75) is 19.8 Å².